The zero-order chi connectivity index (χ0) is 79.1. The summed E-state index contributed by atoms with van der Waals surface area (Å²) in [5.41, 5.74) is 41.1. The fourth-order valence-electron chi connectivity index (χ4n) is 16.7. The van der Waals surface area contributed by atoms with Gasteiger partial charge in [-0.2, -0.15) is 65.9 Å². The van der Waals surface area contributed by atoms with E-state index in [1.165, 1.54) is 89.3 Å². The van der Waals surface area contributed by atoms with Crippen LogP contribution in [0.3, 0.4) is 0 Å². The molecule has 0 saturated carbocycles. The summed E-state index contributed by atoms with van der Waals surface area (Å²) in [6.07, 6.45) is 7.43. The van der Waals surface area contributed by atoms with Crippen LogP contribution in [0.5, 0.6) is 0 Å². The van der Waals surface area contributed by atoms with Gasteiger partial charge in [0.1, 0.15) is 0 Å². The van der Waals surface area contributed by atoms with Gasteiger partial charge in [-0.25, -0.2) is 0 Å². The van der Waals surface area contributed by atoms with Gasteiger partial charge in [-0.15, -0.1) is 64.3 Å². The average Bonchev–Trinajstić information content (AvgIpc) is 1.24. The number of nitrogens with zero attached hydrogens (tertiary/aromatic N) is 6. The number of para-hydroxylation sites is 4. The molecule has 0 fully saturated rings. The number of pyridine rings is 2. The van der Waals surface area contributed by atoms with Gasteiger partial charge in [-0.1, -0.05) is 308 Å². The number of anilines is 3. The van der Waals surface area contributed by atoms with Crippen LogP contribution in [0, 0.1) is 79.7 Å². The Morgan fingerprint density at radius 2 is 0.737 bits per heavy atom. The molecule has 118 heavy (non-hydrogen) atoms. The maximum atomic E-state index is 5.27. The topological polar surface area (TPSA) is 60.5 Å². The van der Waals surface area contributed by atoms with Gasteiger partial charge in [-0.3, -0.25) is 0 Å². The van der Waals surface area contributed by atoms with E-state index in [1.54, 1.807) is 0 Å². The predicted molar refractivity (Wildman–Crippen MR) is 478 cm³/mol. The van der Waals surface area contributed by atoms with Crippen molar-refractivity contribution < 1.29 is 80.4 Å². The third-order valence-corrected chi connectivity index (χ3v) is 22.2. The quantitative estimate of drug-likeness (QED) is 0.102. The second-order valence-electron chi connectivity index (χ2n) is 32.8. The molecule has 6 nitrogen and oxygen atoms in total. The minimum Gasteiger partial charge on any atom is -0.668 e. The Hall–Kier alpha value is -10.3. The van der Waals surface area contributed by atoms with E-state index in [0.29, 0.717) is 0 Å². The normalized spacial score (nSPS) is 13.3. The van der Waals surface area contributed by atoms with Crippen molar-refractivity contribution in [1.82, 2.24) is 9.97 Å². The molecule has 0 N–H and O–H groups in total. The van der Waals surface area contributed by atoms with Gasteiger partial charge >= 0.3 is 0 Å². The number of rotatable bonds is 14. The van der Waals surface area contributed by atoms with Gasteiger partial charge in [0.25, 0.3) is 0 Å². The Bertz CT molecular complexity index is 6060. The minimum absolute atomic E-state index is 0. The molecule has 4 heterocycles. The SMILES string of the molecule is Cc1cc(C)cc(-c2c(-c3c[c-]c(C4[N-]C=CN4c4c(C)cccc4C)cc3)cccc2-c2c[c-]c(-c3cc(C(C)(C)C)ccn3)cc2-c2ccccc2)c1.Cc1cc(C)cc(-c2c(-c3c[c-]c(C4[N-]c5ccccc5N4c4c(C)cccc4C)cc3)cccc2-c2c[c-]c(-c3cc(C(C)(C)C)ccn3)cc2-c2ccccc2)c1.[Ir].[Ir].[Ir].[Ir]. The van der Waals surface area contributed by atoms with E-state index in [-0.39, 0.29) is 104 Å². The third kappa shape index (κ3) is 18.1. The second-order valence-corrected chi connectivity index (χ2v) is 32.8. The van der Waals surface area contributed by atoms with E-state index in [4.69, 9.17) is 20.6 Å². The second kappa shape index (κ2) is 36.9. The molecule has 0 spiro atoms. The van der Waals surface area contributed by atoms with E-state index in [9.17, 15) is 0 Å². The summed E-state index contributed by atoms with van der Waals surface area (Å²) in [6, 6.07) is 115. The van der Waals surface area contributed by atoms with Gasteiger partial charge < -0.3 is 30.4 Å². The minimum atomic E-state index is -0.229. The van der Waals surface area contributed by atoms with Gasteiger partial charge in [0, 0.05) is 110 Å². The van der Waals surface area contributed by atoms with Crippen molar-refractivity contribution >= 4 is 22.7 Å². The molecule has 2 aromatic heterocycles. The van der Waals surface area contributed by atoms with E-state index in [1.807, 2.05) is 18.6 Å². The van der Waals surface area contributed by atoms with Crippen LogP contribution < -0.4 is 9.80 Å². The van der Waals surface area contributed by atoms with Crippen molar-refractivity contribution in [3.8, 4) is 112 Å². The Balaban J connectivity index is 0.000000210. The molecule has 17 rings (SSSR count). The number of hydrogen-bond acceptors (Lipinski definition) is 4. The third-order valence-electron chi connectivity index (χ3n) is 22.2. The molecule has 0 bridgehead atoms. The number of hydrogen-bond donors (Lipinski definition) is 0. The van der Waals surface area contributed by atoms with Crippen LogP contribution in [0.25, 0.3) is 122 Å². The first-order valence-electron chi connectivity index (χ1n) is 39.6. The molecule has 10 heteroatoms. The fraction of sp³-hybridized carbons (Fsp3) is 0.167. The van der Waals surface area contributed by atoms with Crippen LogP contribution in [0.15, 0.2) is 304 Å². The number of benzene rings is 13. The van der Waals surface area contributed by atoms with Crippen molar-refractivity contribution in [3.63, 3.8) is 0 Å². The summed E-state index contributed by atoms with van der Waals surface area (Å²) in [6.45, 7) is 30.9. The van der Waals surface area contributed by atoms with Crippen LogP contribution in [0.1, 0.15) is 121 Å². The summed E-state index contributed by atoms with van der Waals surface area (Å²) < 4.78 is 0. The summed E-state index contributed by atoms with van der Waals surface area (Å²) in [5, 5.41) is 10.2. The molecule has 2 atom stereocenters. The molecule has 0 saturated heterocycles. The maximum absolute atomic E-state index is 5.27. The molecule has 2 aliphatic heterocycles. The molecule has 0 amide bonds. The van der Waals surface area contributed by atoms with E-state index in [2.05, 4.69) is 416 Å². The fourth-order valence-corrected chi connectivity index (χ4v) is 16.7. The zero-order valence-corrected chi connectivity index (χ0v) is 78.6. The molecule has 0 aliphatic carbocycles. The first kappa shape index (κ1) is 87.0. The van der Waals surface area contributed by atoms with Gasteiger partial charge in [0.05, 0.1) is 0 Å². The molecule has 2 aliphatic rings. The first-order valence-corrected chi connectivity index (χ1v) is 39.6. The Kier molecular flexibility index (Phi) is 27.2. The maximum Gasteiger partial charge on any atom is 0.0460 e. The summed E-state index contributed by atoms with van der Waals surface area (Å²) >= 11 is 0. The van der Waals surface area contributed by atoms with Gasteiger partial charge in [0.2, 0.25) is 0 Å². The van der Waals surface area contributed by atoms with Crippen molar-refractivity contribution in [2.24, 2.45) is 0 Å². The molecular formula is C108H94Ir4N6-6. The predicted octanol–water partition coefficient (Wildman–Crippen LogP) is 29.3. The smallest absolute Gasteiger partial charge is 0.0460 e. The summed E-state index contributed by atoms with van der Waals surface area (Å²) in [4.78, 5) is 14.3. The van der Waals surface area contributed by atoms with Crippen molar-refractivity contribution in [2.45, 2.75) is 120 Å². The molecule has 2 unspecified atom stereocenters. The number of aromatic nitrogens is 2. The van der Waals surface area contributed by atoms with Crippen molar-refractivity contribution in [3.05, 3.63) is 406 Å². The molecule has 15 aromatic rings. The monoisotopic (exact) mass is 2250 g/mol. The average molecular weight is 2240 g/mol. The zero-order valence-electron chi connectivity index (χ0n) is 69.0. The molecule has 598 valence electrons. The van der Waals surface area contributed by atoms with Crippen molar-refractivity contribution in [1.29, 1.82) is 0 Å². The van der Waals surface area contributed by atoms with Crippen LogP contribution in [0.4, 0.5) is 22.7 Å². The Labute approximate surface area is 753 Å². The van der Waals surface area contributed by atoms with E-state index < -0.39 is 0 Å². The van der Waals surface area contributed by atoms with Crippen LogP contribution in [-0.2, 0) is 91.3 Å². The van der Waals surface area contributed by atoms with E-state index >= 15 is 0 Å². The summed E-state index contributed by atoms with van der Waals surface area (Å²) in [5.74, 6) is 0. The van der Waals surface area contributed by atoms with Crippen LogP contribution >= 0.6 is 0 Å². The number of aryl methyl sites for hydroxylation is 8. The largest absolute Gasteiger partial charge is 0.668 e. The Morgan fingerprint density at radius 3 is 1.17 bits per heavy atom. The first-order chi connectivity index (χ1) is 55.1. The molecule has 13 aromatic carbocycles. The van der Waals surface area contributed by atoms with Gasteiger partial charge in [-0.05, 0) is 181 Å². The Morgan fingerprint density at radius 1 is 0.331 bits per heavy atom. The molecule has 4 radical (unpaired) electrons. The van der Waals surface area contributed by atoms with E-state index in [0.717, 1.165) is 112 Å². The van der Waals surface area contributed by atoms with Crippen molar-refractivity contribution in [2.75, 3.05) is 9.80 Å². The number of fused-ring (bicyclic) bond motifs is 1. The van der Waals surface area contributed by atoms with Gasteiger partial charge in [0.15, 0.2) is 0 Å². The van der Waals surface area contributed by atoms with Crippen LogP contribution in [0.2, 0.25) is 0 Å². The molecular weight excluding hydrogens is 2150 g/mol. The standard InChI is InChI=1S/C56H48N3.C52H46N3.4Ir/c1-36-31-37(2)33-44(32-36)53-46(41-23-25-42(26-24-41)55-58-50-21-11-12-22-52(50)59(55)54-38(3)15-13-16-39(54)4)19-14-20-48(53)47-28-27-43(34-49(47)40-17-9-8-10-18-40)51-35-45(29-30-57-51)56(5,6)7;1-34-29-35(2)31-42(30-34)49-44(39-19-21-40(22-20-39)51-54-27-28-55(51)50-36(3)13-11-14-37(50)4)17-12-18-46(49)45-24-23-41(32-47(45)38-15-9-8-10-16-38)48-33-43(25-26-53-48)52(5,6)7;;;;/h8-25,28-35,55H,1-7H3;8-21,24-33,51H,1-7H3;;;;/q2*-3;;;;. The summed E-state index contributed by atoms with van der Waals surface area (Å²) in [7, 11) is 0. The van der Waals surface area contributed by atoms with Crippen LogP contribution in [-0.4, -0.2) is 9.97 Å².